The molecular formula is C26H50O4. The SMILES string of the molecule is CCC(CCCCCCCCCCCCCC(=O)OCC(C)C)C(=O)OCC(C)C. The normalized spacial score (nSPS) is 12.4. The van der Waals surface area contributed by atoms with Gasteiger partial charge in [-0.3, -0.25) is 9.59 Å². The standard InChI is InChI=1S/C26H50O4/c1-6-24(26(28)30-21-23(4)5)18-16-14-12-10-8-7-9-11-13-15-17-19-25(27)29-20-22(2)3/h22-24H,6-21H2,1-5H3. The lowest BCUT2D eigenvalue weighted by Gasteiger charge is -2.15. The van der Waals surface area contributed by atoms with Crippen LogP contribution in [0, 0.1) is 17.8 Å². The molecule has 0 aromatic heterocycles. The van der Waals surface area contributed by atoms with Gasteiger partial charge in [0.1, 0.15) is 0 Å². The topological polar surface area (TPSA) is 52.6 Å². The van der Waals surface area contributed by atoms with Gasteiger partial charge in [0.05, 0.1) is 19.1 Å². The smallest absolute Gasteiger partial charge is 0.308 e. The molecule has 0 N–H and O–H groups in total. The Balaban J connectivity index is 3.41. The van der Waals surface area contributed by atoms with Crippen molar-refractivity contribution in [1.29, 1.82) is 0 Å². The molecule has 0 aromatic rings. The summed E-state index contributed by atoms with van der Waals surface area (Å²) in [5.74, 6) is 0.867. The van der Waals surface area contributed by atoms with E-state index in [1.165, 1.54) is 51.4 Å². The lowest BCUT2D eigenvalue weighted by atomic mass is 9.97. The van der Waals surface area contributed by atoms with Crippen LogP contribution in [0.25, 0.3) is 0 Å². The number of hydrogen-bond acceptors (Lipinski definition) is 4. The lowest BCUT2D eigenvalue weighted by molar-refractivity contribution is -0.150. The highest BCUT2D eigenvalue weighted by Gasteiger charge is 2.17. The molecule has 0 aliphatic rings. The summed E-state index contributed by atoms with van der Waals surface area (Å²) >= 11 is 0. The van der Waals surface area contributed by atoms with Gasteiger partial charge in [0, 0.05) is 6.42 Å². The van der Waals surface area contributed by atoms with Crippen molar-refractivity contribution >= 4 is 11.9 Å². The monoisotopic (exact) mass is 426 g/mol. The molecule has 0 fully saturated rings. The Morgan fingerprint density at radius 1 is 0.633 bits per heavy atom. The maximum absolute atomic E-state index is 12.1. The molecule has 1 unspecified atom stereocenters. The summed E-state index contributed by atoms with van der Waals surface area (Å²) in [4.78, 5) is 23.6. The molecule has 178 valence electrons. The number of carbonyl (C=O) groups is 2. The highest BCUT2D eigenvalue weighted by molar-refractivity contribution is 5.72. The first kappa shape index (κ1) is 28.9. The van der Waals surface area contributed by atoms with Gasteiger partial charge in [0.15, 0.2) is 0 Å². The van der Waals surface area contributed by atoms with Gasteiger partial charge in [-0.1, -0.05) is 98.8 Å². The van der Waals surface area contributed by atoms with Crippen molar-refractivity contribution < 1.29 is 19.1 Å². The summed E-state index contributed by atoms with van der Waals surface area (Å²) in [6.45, 7) is 11.4. The first-order valence-electron chi connectivity index (χ1n) is 12.7. The van der Waals surface area contributed by atoms with E-state index in [9.17, 15) is 9.59 Å². The average Bonchev–Trinajstić information content (AvgIpc) is 2.70. The van der Waals surface area contributed by atoms with Crippen molar-refractivity contribution in [3.63, 3.8) is 0 Å². The van der Waals surface area contributed by atoms with Crippen molar-refractivity contribution in [2.45, 2.75) is 125 Å². The fourth-order valence-electron chi connectivity index (χ4n) is 3.44. The Hall–Kier alpha value is -1.06. The van der Waals surface area contributed by atoms with Crippen molar-refractivity contribution in [3.05, 3.63) is 0 Å². The van der Waals surface area contributed by atoms with Crippen molar-refractivity contribution in [3.8, 4) is 0 Å². The summed E-state index contributed by atoms with van der Waals surface area (Å²) in [7, 11) is 0. The molecule has 0 amide bonds. The Morgan fingerprint density at radius 3 is 1.53 bits per heavy atom. The van der Waals surface area contributed by atoms with E-state index in [1.807, 2.05) is 0 Å². The summed E-state index contributed by atoms with van der Waals surface area (Å²) in [5.41, 5.74) is 0. The van der Waals surface area contributed by atoms with Crippen LogP contribution < -0.4 is 0 Å². The summed E-state index contributed by atoms with van der Waals surface area (Å²) in [5, 5.41) is 0. The zero-order valence-corrected chi connectivity index (χ0v) is 20.7. The average molecular weight is 427 g/mol. The van der Waals surface area contributed by atoms with Crippen LogP contribution in [0.15, 0.2) is 0 Å². The molecule has 0 aliphatic heterocycles. The van der Waals surface area contributed by atoms with E-state index in [4.69, 9.17) is 9.47 Å². The highest BCUT2D eigenvalue weighted by Crippen LogP contribution is 2.18. The highest BCUT2D eigenvalue weighted by atomic mass is 16.5. The molecule has 0 saturated carbocycles. The van der Waals surface area contributed by atoms with Gasteiger partial charge in [-0.2, -0.15) is 0 Å². The summed E-state index contributed by atoms with van der Waals surface area (Å²) < 4.78 is 10.6. The third-order valence-electron chi connectivity index (χ3n) is 5.40. The largest absolute Gasteiger partial charge is 0.465 e. The minimum absolute atomic E-state index is 0.00125. The van der Waals surface area contributed by atoms with E-state index in [0.717, 1.165) is 32.1 Å². The van der Waals surface area contributed by atoms with E-state index < -0.39 is 0 Å². The van der Waals surface area contributed by atoms with Crippen LogP contribution in [0.1, 0.15) is 125 Å². The van der Waals surface area contributed by atoms with Gasteiger partial charge < -0.3 is 9.47 Å². The van der Waals surface area contributed by atoms with Crippen LogP contribution >= 0.6 is 0 Å². The predicted octanol–water partition coefficient (Wildman–Crippen LogP) is 7.48. The molecule has 0 rings (SSSR count). The lowest BCUT2D eigenvalue weighted by Crippen LogP contribution is -2.19. The zero-order valence-electron chi connectivity index (χ0n) is 20.7. The third kappa shape index (κ3) is 18.9. The predicted molar refractivity (Wildman–Crippen MR) is 125 cm³/mol. The van der Waals surface area contributed by atoms with Gasteiger partial charge in [-0.15, -0.1) is 0 Å². The quantitative estimate of drug-likeness (QED) is 0.149. The Kier molecular flexibility index (Phi) is 19.2. The number of carbonyl (C=O) groups excluding carboxylic acids is 2. The molecular weight excluding hydrogens is 376 g/mol. The first-order valence-corrected chi connectivity index (χ1v) is 12.7. The number of ether oxygens (including phenoxy) is 2. The van der Waals surface area contributed by atoms with Crippen LogP contribution in [-0.4, -0.2) is 25.2 Å². The summed E-state index contributed by atoms with van der Waals surface area (Å²) in [6.07, 6.45) is 15.9. The van der Waals surface area contributed by atoms with Crippen molar-refractivity contribution in [2.75, 3.05) is 13.2 Å². The maximum atomic E-state index is 12.1. The van der Waals surface area contributed by atoms with Gasteiger partial charge >= 0.3 is 11.9 Å². The Morgan fingerprint density at radius 2 is 1.07 bits per heavy atom. The summed E-state index contributed by atoms with van der Waals surface area (Å²) in [6, 6.07) is 0. The number of esters is 2. The second kappa shape index (κ2) is 19.9. The van der Waals surface area contributed by atoms with Crippen LogP contribution in [0.5, 0.6) is 0 Å². The van der Waals surface area contributed by atoms with E-state index in [-0.39, 0.29) is 17.9 Å². The first-order chi connectivity index (χ1) is 14.4. The molecule has 0 heterocycles. The van der Waals surface area contributed by atoms with Gasteiger partial charge in [-0.25, -0.2) is 0 Å². The zero-order chi connectivity index (χ0) is 22.6. The second-order valence-electron chi connectivity index (χ2n) is 9.63. The van der Waals surface area contributed by atoms with E-state index in [1.54, 1.807) is 0 Å². The molecule has 1 atom stereocenters. The number of hydrogen-bond donors (Lipinski definition) is 0. The van der Waals surface area contributed by atoms with Crippen molar-refractivity contribution in [1.82, 2.24) is 0 Å². The minimum atomic E-state index is -0.0404. The molecule has 0 saturated heterocycles. The fourth-order valence-corrected chi connectivity index (χ4v) is 3.44. The molecule has 4 heteroatoms. The third-order valence-corrected chi connectivity index (χ3v) is 5.40. The second-order valence-corrected chi connectivity index (χ2v) is 9.63. The van der Waals surface area contributed by atoms with E-state index >= 15 is 0 Å². The Labute approximate surface area is 186 Å². The molecule has 0 aliphatic carbocycles. The maximum Gasteiger partial charge on any atom is 0.308 e. The molecule has 0 bridgehead atoms. The molecule has 4 nitrogen and oxygen atoms in total. The van der Waals surface area contributed by atoms with Crippen LogP contribution in [-0.2, 0) is 19.1 Å². The molecule has 0 radical (unpaired) electrons. The Bertz CT molecular complexity index is 417. The molecule has 0 aromatic carbocycles. The number of unbranched alkanes of at least 4 members (excludes halogenated alkanes) is 10. The van der Waals surface area contributed by atoms with Crippen LogP contribution in [0.3, 0.4) is 0 Å². The number of rotatable bonds is 20. The fraction of sp³-hybridized carbons (Fsp3) is 0.923. The minimum Gasteiger partial charge on any atom is -0.465 e. The molecule has 0 spiro atoms. The van der Waals surface area contributed by atoms with E-state index in [2.05, 4.69) is 34.6 Å². The van der Waals surface area contributed by atoms with E-state index in [0.29, 0.717) is 31.5 Å². The molecule has 30 heavy (non-hydrogen) atoms. The van der Waals surface area contributed by atoms with Crippen LogP contribution in [0.4, 0.5) is 0 Å². The van der Waals surface area contributed by atoms with Crippen molar-refractivity contribution in [2.24, 2.45) is 17.8 Å². The van der Waals surface area contributed by atoms with Gasteiger partial charge in [-0.05, 0) is 31.1 Å². The van der Waals surface area contributed by atoms with Gasteiger partial charge in [0.2, 0.25) is 0 Å². The van der Waals surface area contributed by atoms with Gasteiger partial charge in [0.25, 0.3) is 0 Å². The van der Waals surface area contributed by atoms with Crippen LogP contribution in [0.2, 0.25) is 0 Å².